The average Bonchev–Trinajstić information content (AvgIpc) is 2.43. The van der Waals surface area contributed by atoms with Gasteiger partial charge in [-0.3, -0.25) is 14.4 Å². The van der Waals surface area contributed by atoms with Crippen LogP contribution in [-0.4, -0.2) is 60.3 Å². The Balaban J connectivity index is 3.09. The Kier molecular flexibility index (Phi) is 6.76. The molecular formula is C12H17N3O8. The summed E-state index contributed by atoms with van der Waals surface area (Å²) in [6.07, 6.45) is -6.65. The van der Waals surface area contributed by atoms with E-state index in [0.29, 0.717) is 0 Å². The average molecular weight is 331 g/mol. The van der Waals surface area contributed by atoms with Gasteiger partial charge in [-0.2, -0.15) is 0 Å². The molecule has 128 valence electrons. The van der Waals surface area contributed by atoms with Crippen molar-refractivity contribution >= 4 is 17.9 Å². The summed E-state index contributed by atoms with van der Waals surface area (Å²) in [5, 5.41) is 13.4. The normalized spacial score (nSPS) is 29.8. The van der Waals surface area contributed by atoms with Crippen molar-refractivity contribution in [2.75, 3.05) is 6.61 Å². The number of aliphatic hydroxyl groups excluding tert-OH is 1. The Morgan fingerprint density at radius 1 is 1.13 bits per heavy atom. The predicted molar refractivity (Wildman–Crippen MR) is 71.6 cm³/mol. The lowest BCUT2D eigenvalue weighted by Crippen LogP contribution is -2.60. The van der Waals surface area contributed by atoms with Crippen LogP contribution in [0.5, 0.6) is 0 Å². The van der Waals surface area contributed by atoms with Crippen LogP contribution in [0.3, 0.4) is 0 Å². The van der Waals surface area contributed by atoms with Crippen LogP contribution in [0.1, 0.15) is 20.8 Å². The second kappa shape index (κ2) is 8.32. The third-order valence-electron chi connectivity index (χ3n) is 2.85. The van der Waals surface area contributed by atoms with Gasteiger partial charge < -0.3 is 24.1 Å². The highest BCUT2D eigenvalue weighted by Crippen LogP contribution is 2.27. The van der Waals surface area contributed by atoms with Gasteiger partial charge in [0, 0.05) is 25.7 Å². The Bertz CT molecular complexity index is 518. The third-order valence-corrected chi connectivity index (χ3v) is 2.85. The van der Waals surface area contributed by atoms with Crippen molar-refractivity contribution in [1.82, 2.24) is 0 Å². The second-order valence-electron chi connectivity index (χ2n) is 4.71. The van der Waals surface area contributed by atoms with Crippen molar-refractivity contribution in [2.45, 2.75) is 51.4 Å². The number of hydrogen-bond acceptors (Lipinski definition) is 9. The summed E-state index contributed by atoms with van der Waals surface area (Å²) >= 11 is 0. The zero-order valence-corrected chi connectivity index (χ0v) is 12.7. The van der Waals surface area contributed by atoms with E-state index in [4.69, 9.17) is 24.5 Å². The maximum Gasteiger partial charge on any atom is 0.303 e. The van der Waals surface area contributed by atoms with Crippen LogP contribution in [0, 0.1) is 0 Å². The molecule has 1 rings (SSSR count). The van der Waals surface area contributed by atoms with Gasteiger partial charge in [0.15, 0.2) is 18.4 Å². The molecular weight excluding hydrogens is 314 g/mol. The smallest absolute Gasteiger partial charge is 0.303 e. The summed E-state index contributed by atoms with van der Waals surface area (Å²) in [5.41, 5.74) is 8.51. The number of rotatable bonds is 5. The summed E-state index contributed by atoms with van der Waals surface area (Å²) in [7, 11) is 0. The zero-order chi connectivity index (χ0) is 17.6. The van der Waals surface area contributed by atoms with Gasteiger partial charge in [-0.1, -0.05) is 5.11 Å². The molecule has 0 amide bonds. The first-order valence-corrected chi connectivity index (χ1v) is 6.61. The van der Waals surface area contributed by atoms with Gasteiger partial charge in [0.05, 0.1) is 0 Å². The van der Waals surface area contributed by atoms with E-state index in [9.17, 15) is 19.5 Å². The van der Waals surface area contributed by atoms with Crippen molar-refractivity contribution in [3.63, 3.8) is 0 Å². The number of ether oxygens (including phenoxy) is 4. The molecule has 0 aromatic carbocycles. The van der Waals surface area contributed by atoms with Crippen LogP contribution in [0.25, 0.3) is 10.4 Å². The molecule has 1 aliphatic heterocycles. The molecule has 0 spiro atoms. The van der Waals surface area contributed by atoms with E-state index in [1.165, 1.54) is 0 Å². The van der Waals surface area contributed by atoms with Gasteiger partial charge in [0.1, 0.15) is 18.8 Å². The molecule has 0 bridgehead atoms. The number of carbonyl (C=O) groups excluding carboxylic acids is 3. The summed E-state index contributed by atoms with van der Waals surface area (Å²) < 4.78 is 20.1. The van der Waals surface area contributed by atoms with E-state index in [1.54, 1.807) is 0 Å². The van der Waals surface area contributed by atoms with E-state index in [-0.39, 0.29) is 6.61 Å². The van der Waals surface area contributed by atoms with Gasteiger partial charge >= 0.3 is 17.9 Å². The third kappa shape index (κ3) is 5.40. The highest BCUT2D eigenvalue weighted by Gasteiger charge is 2.49. The van der Waals surface area contributed by atoms with Crippen LogP contribution in [0.15, 0.2) is 5.11 Å². The van der Waals surface area contributed by atoms with E-state index in [2.05, 4.69) is 10.0 Å². The van der Waals surface area contributed by atoms with Gasteiger partial charge in [0.25, 0.3) is 0 Å². The summed E-state index contributed by atoms with van der Waals surface area (Å²) in [4.78, 5) is 35.9. The zero-order valence-electron chi connectivity index (χ0n) is 12.7. The van der Waals surface area contributed by atoms with Crippen molar-refractivity contribution in [3.8, 4) is 0 Å². The van der Waals surface area contributed by atoms with Gasteiger partial charge in [-0.25, -0.2) is 0 Å². The highest BCUT2D eigenvalue weighted by molar-refractivity contribution is 5.67. The Morgan fingerprint density at radius 2 is 1.70 bits per heavy atom. The molecule has 0 aromatic heterocycles. The number of nitrogens with zero attached hydrogens (tertiary/aromatic N) is 3. The van der Waals surface area contributed by atoms with Crippen LogP contribution in [0.2, 0.25) is 0 Å². The molecule has 11 heteroatoms. The first-order valence-electron chi connectivity index (χ1n) is 6.61. The molecule has 0 radical (unpaired) electrons. The van der Waals surface area contributed by atoms with E-state index < -0.39 is 48.6 Å². The van der Waals surface area contributed by atoms with Crippen LogP contribution in [-0.2, 0) is 33.3 Å². The van der Waals surface area contributed by atoms with E-state index in [1.807, 2.05) is 0 Å². The lowest BCUT2D eigenvalue weighted by molar-refractivity contribution is -0.245. The molecule has 0 saturated carbocycles. The maximum absolute atomic E-state index is 11.3. The van der Waals surface area contributed by atoms with Gasteiger partial charge in [0.2, 0.25) is 0 Å². The number of aliphatic hydroxyl groups is 1. The number of carbonyl (C=O) groups is 3. The van der Waals surface area contributed by atoms with Crippen molar-refractivity contribution in [1.29, 1.82) is 0 Å². The van der Waals surface area contributed by atoms with E-state index >= 15 is 0 Å². The van der Waals surface area contributed by atoms with Crippen LogP contribution in [0.4, 0.5) is 0 Å². The topological polar surface area (TPSA) is 157 Å². The monoisotopic (exact) mass is 331 g/mol. The largest absolute Gasteiger partial charge is 0.463 e. The molecule has 1 saturated heterocycles. The molecule has 11 nitrogen and oxygen atoms in total. The van der Waals surface area contributed by atoms with Crippen molar-refractivity contribution in [3.05, 3.63) is 10.4 Å². The number of esters is 3. The SMILES string of the molecule is CC(=O)OC[C@@H]1O[C@@H](N=[N+]=[N-])[C@H](O)[C@H](OC(C)=O)[C@H]1OC(C)=O. The fourth-order valence-electron chi connectivity index (χ4n) is 2.05. The minimum absolute atomic E-state index is 0.352. The Morgan fingerprint density at radius 3 is 2.17 bits per heavy atom. The molecule has 1 aliphatic rings. The minimum Gasteiger partial charge on any atom is -0.463 e. The predicted octanol–water partition coefficient (Wildman–Crippen LogP) is -0.191. The number of hydrogen-bond donors (Lipinski definition) is 1. The van der Waals surface area contributed by atoms with Gasteiger partial charge in [-0.05, 0) is 5.53 Å². The molecule has 0 unspecified atom stereocenters. The second-order valence-corrected chi connectivity index (χ2v) is 4.71. The molecule has 5 atom stereocenters. The van der Waals surface area contributed by atoms with Crippen molar-refractivity contribution < 1.29 is 38.4 Å². The summed E-state index contributed by atoms with van der Waals surface area (Å²) in [6, 6.07) is 0. The molecule has 0 aliphatic carbocycles. The van der Waals surface area contributed by atoms with Gasteiger partial charge in [-0.15, -0.1) is 0 Å². The quantitative estimate of drug-likeness (QED) is 0.239. The summed E-state index contributed by atoms with van der Waals surface area (Å²) in [5.74, 6) is -2.09. The first kappa shape index (κ1) is 18.7. The molecule has 23 heavy (non-hydrogen) atoms. The molecule has 1 fully saturated rings. The molecule has 1 N–H and O–H groups in total. The van der Waals surface area contributed by atoms with Crippen molar-refractivity contribution in [2.24, 2.45) is 5.11 Å². The van der Waals surface area contributed by atoms with Crippen LogP contribution >= 0.6 is 0 Å². The first-order chi connectivity index (χ1) is 10.8. The fraction of sp³-hybridized carbons (Fsp3) is 0.750. The number of azide groups is 1. The standard InChI is InChI=1S/C12H17N3O8/c1-5(16)20-4-8-10(21-6(2)17)11(22-7(3)18)9(19)12(23-8)14-15-13/h8-12,19H,4H2,1-3H3/t8-,9+,10-,11-,12+/m0/s1. The maximum atomic E-state index is 11.3. The molecule has 0 aromatic rings. The lowest BCUT2D eigenvalue weighted by atomic mass is 9.98. The fourth-order valence-corrected chi connectivity index (χ4v) is 2.05. The Hall–Kier alpha value is -2.36. The Labute approximate surface area is 131 Å². The summed E-state index contributed by atoms with van der Waals surface area (Å²) in [6.45, 7) is 3.01. The molecule has 1 heterocycles. The highest BCUT2D eigenvalue weighted by atomic mass is 16.6. The van der Waals surface area contributed by atoms with E-state index in [0.717, 1.165) is 20.8 Å². The lowest BCUT2D eigenvalue weighted by Gasteiger charge is -2.41. The minimum atomic E-state index is -1.56. The van der Waals surface area contributed by atoms with Crippen LogP contribution < -0.4 is 0 Å².